The second-order valence-corrected chi connectivity index (χ2v) is 7.54. The van der Waals surface area contributed by atoms with E-state index >= 15 is 0 Å². The summed E-state index contributed by atoms with van der Waals surface area (Å²) in [5, 5.41) is 9.97. The van der Waals surface area contributed by atoms with Gasteiger partial charge in [0.1, 0.15) is 9.84 Å². The molecule has 0 aromatic carbocycles. The number of sulfone groups is 1. The lowest BCUT2D eigenvalue weighted by atomic mass is 9.76. The fourth-order valence-electron chi connectivity index (χ4n) is 2.60. The van der Waals surface area contributed by atoms with Crippen molar-refractivity contribution >= 4 is 9.84 Å². The summed E-state index contributed by atoms with van der Waals surface area (Å²) >= 11 is 0. The maximum absolute atomic E-state index is 11.5. The Balaban J connectivity index is 2.71. The van der Waals surface area contributed by atoms with Crippen LogP contribution in [0.4, 0.5) is 0 Å². The molecule has 0 aliphatic heterocycles. The molecule has 3 unspecified atom stereocenters. The zero-order valence-corrected chi connectivity index (χ0v) is 11.0. The van der Waals surface area contributed by atoms with Crippen molar-refractivity contribution in [2.75, 3.05) is 12.8 Å². The van der Waals surface area contributed by atoms with Gasteiger partial charge in [0.15, 0.2) is 0 Å². The predicted molar refractivity (Wildman–Crippen MR) is 64.9 cm³/mol. The van der Waals surface area contributed by atoms with Gasteiger partial charge in [0, 0.05) is 6.26 Å². The summed E-state index contributed by atoms with van der Waals surface area (Å²) in [7, 11) is -2.98. The molecule has 0 amide bonds. The Morgan fingerprint density at radius 1 is 1.44 bits per heavy atom. The third-order valence-electron chi connectivity index (χ3n) is 3.76. The van der Waals surface area contributed by atoms with Gasteiger partial charge in [0.05, 0.1) is 10.9 Å². The lowest BCUT2D eigenvalue weighted by Crippen LogP contribution is -2.42. The van der Waals surface area contributed by atoms with Gasteiger partial charge in [-0.25, -0.2) is 8.42 Å². The molecule has 5 heteroatoms. The molecule has 96 valence electrons. The van der Waals surface area contributed by atoms with Crippen LogP contribution in [-0.4, -0.2) is 37.2 Å². The van der Waals surface area contributed by atoms with E-state index in [4.69, 9.17) is 5.73 Å². The van der Waals surface area contributed by atoms with Gasteiger partial charge in [-0.15, -0.1) is 0 Å². The summed E-state index contributed by atoms with van der Waals surface area (Å²) in [4.78, 5) is 0. The summed E-state index contributed by atoms with van der Waals surface area (Å²) < 4.78 is 23.0. The molecule has 0 saturated heterocycles. The molecular formula is C11H23NO3S. The molecular weight excluding hydrogens is 226 g/mol. The normalized spacial score (nSPS) is 31.0. The lowest BCUT2D eigenvalue weighted by molar-refractivity contribution is -0.0207. The number of hydrogen-bond acceptors (Lipinski definition) is 4. The van der Waals surface area contributed by atoms with E-state index < -0.39 is 15.4 Å². The number of aliphatic hydroxyl groups is 1. The molecule has 1 fully saturated rings. The van der Waals surface area contributed by atoms with Crippen LogP contribution in [-0.2, 0) is 9.84 Å². The van der Waals surface area contributed by atoms with Crippen molar-refractivity contribution < 1.29 is 13.5 Å². The van der Waals surface area contributed by atoms with E-state index in [0.717, 1.165) is 19.3 Å². The molecule has 4 nitrogen and oxygen atoms in total. The Hall–Kier alpha value is -0.130. The summed E-state index contributed by atoms with van der Waals surface area (Å²) in [6.45, 7) is 2.21. The molecule has 16 heavy (non-hydrogen) atoms. The second-order valence-electron chi connectivity index (χ2n) is 5.21. The molecule has 3 atom stereocenters. The standard InChI is InChI=1S/C11H23NO3S/c1-11(13,6-7-12)9-4-3-5-10(8-9)16(2,14)15/h9-10,13H,3-8,12H2,1-2H3. The molecule has 0 radical (unpaired) electrons. The summed E-state index contributed by atoms with van der Waals surface area (Å²) in [6.07, 6.45) is 4.91. The Kier molecular flexibility index (Phi) is 4.37. The smallest absolute Gasteiger partial charge is 0.150 e. The molecule has 1 aliphatic rings. The van der Waals surface area contributed by atoms with Crippen LogP contribution >= 0.6 is 0 Å². The van der Waals surface area contributed by atoms with Gasteiger partial charge >= 0.3 is 0 Å². The second kappa shape index (κ2) is 5.02. The minimum absolute atomic E-state index is 0.0597. The van der Waals surface area contributed by atoms with Crippen LogP contribution in [0.1, 0.15) is 39.0 Å². The van der Waals surface area contributed by atoms with Crippen molar-refractivity contribution in [3.8, 4) is 0 Å². The highest BCUT2D eigenvalue weighted by molar-refractivity contribution is 7.91. The van der Waals surface area contributed by atoms with Crippen molar-refractivity contribution in [3.05, 3.63) is 0 Å². The average molecular weight is 249 g/mol. The molecule has 0 aromatic heterocycles. The molecule has 0 spiro atoms. The van der Waals surface area contributed by atoms with Crippen molar-refractivity contribution in [2.45, 2.75) is 49.9 Å². The fraction of sp³-hybridized carbons (Fsp3) is 1.00. The number of rotatable bonds is 4. The van der Waals surface area contributed by atoms with Gasteiger partial charge in [-0.1, -0.05) is 6.42 Å². The molecule has 1 rings (SSSR count). The maximum Gasteiger partial charge on any atom is 0.150 e. The predicted octanol–water partition coefficient (Wildman–Crippen LogP) is 0.690. The molecule has 1 saturated carbocycles. The minimum atomic E-state index is -2.98. The summed E-state index contributed by atoms with van der Waals surface area (Å²) in [5.74, 6) is 0.0597. The van der Waals surface area contributed by atoms with Crippen molar-refractivity contribution in [1.29, 1.82) is 0 Å². The number of hydrogen-bond donors (Lipinski definition) is 2. The van der Waals surface area contributed by atoms with Gasteiger partial charge in [-0.3, -0.25) is 0 Å². The largest absolute Gasteiger partial charge is 0.390 e. The Morgan fingerprint density at radius 3 is 2.56 bits per heavy atom. The van der Waals surface area contributed by atoms with Crippen LogP contribution in [0.3, 0.4) is 0 Å². The first-order chi connectivity index (χ1) is 7.27. The maximum atomic E-state index is 11.5. The van der Waals surface area contributed by atoms with E-state index in [-0.39, 0.29) is 11.2 Å². The zero-order chi connectivity index (χ0) is 12.4. The highest BCUT2D eigenvalue weighted by atomic mass is 32.2. The van der Waals surface area contributed by atoms with E-state index in [1.165, 1.54) is 6.26 Å². The van der Waals surface area contributed by atoms with Gasteiger partial charge < -0.3 is 10.8 Å². The van der Waals surface area contributed by atoms with Crippen LogP contribution in [0.15, 0.2) is 0 Å². The third-order valence-corrected chi connectivity index (χ3v) is 5.40. The van der Waals surface area contributed by atoms with Crippen LogP contribution in [0.5, 0.6) is 0 Å². The lowest BCUT2D eigenvalue weighted by Gasteiger charge is -2.38. The Bertz CT molecular complexity index is 324. The highest BCUT2D eigenvalue weighted by Gasteiger charge is 2.38. The van der Waals surface area contributed by atoms with Crippen molar-refractivity contribution in [2.24, 2.45) is 11.7 Å². The average Bonchev–Trinajstić information content (AvgIpc) is 2.16. The van der Waals surface area contributed by atoms with E-state index in [1.807, 2.05) is 0 Å². The molecule has 3 N–H and O–H groups in total. The summed E-state index contributed by atoms with van der Waals surface area (Å²) in [5.41, 5.74) is 4.64. The fourth-order valence-corrected chi connectivity index (χ4v) is 3.77. The molecule has 1 aliphatic carbocycles. The van der Waals surface area contributed by atoms with Gasteiger partial charge in [0.2, 0.25) is 0 Å². The Labute approximate surface area is 98.1 Å². The van der Waals surface area contributed by atoms with Gasteiger partial charge in [0.25, 0.3) is 0 Å². The molecule has 0 bridgehead atoms. The Morgan fingerprint density at radius 2 is 2.06 bits per heavy atom. The van der Waals surface area contributed by atoms with E-state index in [9.17, 15) is 13.5 Å². The van der Waals surface area contributed by atoms with Crippen LogP contribution in [0.2, 0.25) is 0 Å². The van der Waals surface area contributed by atoms with Crippen LogP contribution < -0.4 is 5.73 Å². The van der Waals surface area contributed by atoms with E-state index in [1.54, 1.807) is 6.92 Å². The van der Waals surface area contributed by atoms with Crippen molar-refractivity contribution in [3.63, 3.8) is 0 Å². The van der Waals surface area contributed by atoms with Gasteiger partial charge in [-0.05, 0) is 45.1 Å². The minimum Gasteiger partial charge on any atom is -0.390 e. The topological polar surface area (TPSA) is 80.4 Å². The van der Waals surface area contributed by atoms with Crippen molar-refractivity contribution in [1.82, 2.24) is 0 Å². The number of nitrogens with two attached hydrogens (primary N) is 1. The van der Waals surface area contributed by atoms with E-state index in [0.29, 0.717) is 19.4 Å². The van der Waals surface area contributed by atoms with Gasteiger partial charge in [-0.2, -0.15) is 0 Å². The highest BCUT2D eigenvalue weighted by Crippen LogP contribution is 2.36. The third kappa shape index (κ3) is 3.43. The van der Waals surface area contributed by atoms with E-state index in [2.05, 4.69) is 0 Å². The first kappa shape index (κ1) is 13.9. The van der Waals surface area contributed by atoms with Crippen LogP contribution in [0.25, 0.3) is 0 Å². The summed E-state index contributed by atoms with van der Waals surface area (Å²) in [6, 6.07) is 0. The first-order valence-corrected chi connectivity index (χ1v) is 7.84. The van der Waals surface area contributed by atoms with Crippen LogP contribution in [0, 0.1) is 5.92 Å². The molecule has 0 aromatic rings. The quantitative estimate of drug-likeness (QED) is 0.768. The monoisotopic (exact) mass is 249 g/mol. The zero-order valence-electron chi connectivity index (χ0n) is 10.1. The first-order valence-electron chi connectivity index (χ1n) is 5.88. The molecule has 0 heterocycles. The SMILES string of the molecule is CC(O)(CCN)C1CCCC(S(C)(=O)=O)C1.